The Labute approximate surface area is 85.8 Å². The molecule has 1 aromatic rings. The van der Waals surface area contributed by atoms with Crippen LogP contribution < -0.4 is 10.5 Å². The summed E-state index contributed by atoms with van der Waals surface area (Å²) in [5.41, 5.74) is 3.49. The summed E-state index contributed by atoms with van der Waals surface area (Å²) in [7, 11) is 1.34. The molecule has 80 valence electrons. The molecule has 0 saturated carbocycles. The van der Waals surface area contributed by atoms with Gasteiger partial charge in [-0.3, -0.25) is 14.9 Å². The lowest BCUT2D eigenvalue weighted by atomic mass is 10.1. The first kappa shape index (κ1) is 11.1. The summed E-state index contributed by atoms with van der Waals surface area (Å²) in [5, 5.41) is 10.6. The van der Waals surface area contributed by atoms with Crippen LogP contribution in [0.5, 0.6) is 5.75 Å². The molecule has 0 aliphatic heterocycles. The van der Waals surface area contributed by atoms with Gasteiger partial charge in [-0.1, -0.05) is 0 Å². The molecule has 15 heavy (non-hydrogen) atoms. The van der Waals surface area contributed by atoms with Gasteiger partial charge in [-0.25, -0.2) is 0 Å². The number of hydrogen-bond acceptors (Lipinski definition) is 4. The number of methoxy groups -OCH3 is 1. The van der Waals surface area contributed by atoms with E-state index in [0.29, 0.717) is 0 Å². The third-order valence-corrected chi connectivity index (χ3v) is 1.92. The standard InChI is InChI=1S/C9H10N2O4/c1-15-9-3-2-6(8(12)5-10)4-7(9)11(13)14/h2-4H,5,10H2,1H3/p+1. The highest BCUT2D eigenvalue weighted by Crippen LogP contribution is 2.27. The molecular formula is C9H11N2O4+. The van der Waals surface area contributed by atoms with Crippen molar-refractivity contribution in [1.29, 1.82) is 0 Å². The van der Waals surface area contributed by atoms with Crippen molar-refractivity contribution in [2.45, 2.75) is 0 Å². The van der Waals surface area contributed by atoms with Gasteiger partial charge in [-0.05, 0) is 12.1 Å². The average Bonchev–Trinajstić information content (AvgIpc) is 2.27. The number of Topliss-reactive ketones (excluding diaryl/α,β-unsaturated/α-hetero) is 1. The third kappa shape index (κ3) is 2.29. The number of carbonyl (C=O) groups excluding carboxylic acids is 1. The monoisotopic (exact) mass is 211 g/mol. The van der Waals surface area contributed by atoms with Crippen molar-refractivity contribution in [1.82, 2.24) is 0 Å². The van der Waals surface area contributed by atoms with E-state index in [4.69, 9.17) is 4.74 Å². The van der Waals surface area contributed by atoms with E-state index >= 15 is 0 Å². The van der Waals surface area contributed by atoms with E-state index in [0.717, 1.165) is 0 Å². The number of nitro benzene ring substituents is 1. The van der Waals surface area contributed by atoms with Gasteiger partial charge in [0.15, 0.2) is 5.75 Å². The second-order valence-electron chi connectivity index (χ2n) is 2.82. The number of nitrogens with zero attached hydrogens (tertiary/aromatic N) is 1. The van der Waals surface area contributed by atoms with Crippen LogP contribution in [0.25, 0.3) is 0 Å². The minimum absolute atomic E-state index is 0.0729. The molecule has 0 radical (unpaired) electrons. The quantitative estimate of drug-likeness (QED) is 0.431. The molecule has 0 unspecified atom stereocenters. The zero-order valence-corrected chi connectivity index (χ0v) is 8.23. The van der Waals surface area contributed by atoms with Gasteiger partial charge in [0, 0.05) is 11.6 Å². The highest BCUT2D eigenvalue weighted by molar-refractivity contribution is 5.97. The first-order valence-electron chi connectivity index (χ1n) is 4.25. The van der Waals surface area contributed by atoms with Crippen LogP contribution >= 0.6 is 0 Å². The van der Waals surface area contributed by atoms with Crippen LogP contribution in [0.2, 0.25) is 0 Å². The average molecular weight is 211 g/mol. The molecule has 1 rings (SSSR count). The van der Waals surface area contributed by atoms with Gasteiger partial charge in [-0.2, -0.15) is 0 Å². The largest absolute Gasteiger partial charge is 0.490 e. The van der Waals surface area contributed by atoms with Crippen LogP contribution in [0.4, 0.5) is 5.69 Å². The van der Waals surface area contributed by atoms with Gasteiger partial charge in [0.25, 0.3) is 0 Å². The highest BCUT2D eigenvalue weighted by Gasteiger charge is 2.17. The Bertz CT molecular complexity index is 403. The molecule has 0 aromatic heterocycles. The Kier molecular flexibility index (Phi) is 3.35. The molecule has 3 N–H and O–H groups in total. The molecule has 0 spiro atoms. The van der Waals surface area contributed by atoms with Crippen molar-refractivity contribution in [3.8, 4) is 5.75 Å². The number of nitro groups is 1. The van der Waals surface area contributed by atoms with Crippen LogP contribution in [-0.2, 0) is 0 Å². The summed E-state index contributed by atoms with van der Waals surface area (Å²) in [6, 6.07) is 4.09. The third-order valence-electron chi connectivity index (χ3n) is 1.92. The van der Waals surface area contributed by atoms with Gasteiger partial charge in [0.2, 0.25) is 5.78 Å². The molecule has 0 bridgehead atoms. The van der Waals surface area contributed by atoms with Crippen molar-refractivity contribution in [3.63, 3.8) is 0 Å². The minimum Gasteiger partial charge on any atom is -0.490 e. The number of carbonyl (C=O) groups is 1. The normalized spacial score (nSPS) is 9.73. The van der Waals surface area contributed by atoms with Gasteiger partial charge in [-0.15, -0.1) is 0 Å². The smallest absolute Gasteiger partial charge is 0.311 e. The van der Waals surface area contributed by atoms with E-state index in [2.05, 4.69) is 5.73 Å². The lowest BCUT2D eigenvalue weighted by Crippen LogP contribution is -2.54. The number of ether oxygens (including phenoxy) is 1. The summed E-state index contributed by atoms with van der Waals surface area (Å²) >= 11 is 0. The van der Waals surface area contributed by atoms with Crippen molar-refractivity contribution in [2.75, 3.05) is 13.7 Å². The summed E-state index contributed by atoms with van der Waals surface area (Å²) in [4.78, 5) is 21.3. The summed E-state index contributed by atoms with van der Waals surface area (Å²) < 4.78 is 4.81. The molecule has 0 fully saturated rings. The van der Waals surface area contributed by atoms with Crippen LogP contribution in [0, 0.1) is 10.1 Å². The maximum absolute atomic E-state index is 11.3. The topological polar surface area (TPSA) is 97.1 Å². The van der Waals surface area contributed by atoms with Crippen LogP contribution in [0.1, 0.15) is 10.4 Å². The Morgan fingerprint density at radius 3 is 2.73 bits per heavy atom. The van der Waals surface area contributed by atoms with Gasteiger partial charge < -0.3 is 10.5 Å². The van der Waals surface area contributed by atoms with Crippen molar-refractivity contribution in [3.05, 3.63) is 33.9 Å². The first-order valence-corrected chi connectivity index (χ1v) is 4.25. The number of hydrogen-bond donors (Lipinski definition) is 1. The van der Waals surface area contributed by atoms with E-state index in [-0.39, 0.29) is 29.3 Å². The zero-order valence-electron chi connectivity index (χ0n) is 8.23. The lowest BCUT2D eigenvalue weighted by molar-refractivity contribution is -0.385. The van der Waals surface area contributed by atoms with Crippen molar-refractivity contribution < 1.29 is 20.2 Å². The maximum Gasteiger partial charge on any atom is 0.311 e. The van der Waals surface area contributed by atoms with E-state index in [1.807, 2.05) is 0 Å². The SMILES string of the molecule is COc1ccc(C(=O)C[NH3+])cc1[N+](=O)[O-]. The van der Waals surface area contributed by atoms with Crippen molar-refractivity contribution >= 4 is 11.5 Å². The van der Waals surface area contributed by atoms with E-state index in [9.17, 15) is 14.9 Å². The van der Waals surface area contributed by atoms with E-state index < -0.39 is 4.92 Å². The fourth-order valence-corrected chi connectivity index (χ4v) is 1.15. The Morgan fingerprint density at radius 1 is 1.60 bits per heavy atom. The molecule has 0 aliphatic rings. The summed E-state index contributed by atoms with van der Waals surface area (Å²) in [6.45, 7) is 0.0729. The molecule has 0 saturated heterocycles. The second-order valence-corrected chi connectivity index (χ2v) is 2.82. The van der Waals surface area contributed by atoms with Gasteiger partial charge >= 0.3 is 5.69 Å². The highest BCUT2D eigenvalue weighted by atomic mass is 16.6. The molecule has 1 aromatic carbocycles. The molecule has 0 aliphatic carbocycles. The first-order chi connectivity index (χ1) is 7.10. The Hall–Kier alpha value is -1.95. The molecular weight excluding hydrogens is 200 g/mol. The molecule has 6 heteroatoms. The van der Waals surface area contributed by atoms with Crippen molar-refractivity contribution in [2.24, 2.45) is 0 Å². The number of quaternary nitrogens is 1. The second kappa shape index (κ2) is 4.52. The molecule has 0 amide bonds. The number of benzene rings is 1. The summed E-state index contributed by atoms with van der Waals surface area (Å²) in [5.74, 6) is -0.0960. The number of ketones is 1. The van der Waals surface area contributed by atoms with E-state index in [1.54, 1.807) is 0 Å². The van der Waals surface area contributed by atoms with Crippen LogP contribution in [0.15, 0.2) is 18.2 Å². The minimum atomic E-state index is -0.585. The lowest BCUT2D eigenvalue weighted by Gasteiger charge is -2.02. The maximum atomic E-state index is 11.3. The number of rotatable bonds is 4. The fourth-order valence-electron chi connectivity index (χ4n) is 1.15. The van der Waals surface area contributed by atoms with E-state index in [1.165, 1.54) is 25.3 Å². The van der Waals surface area contributed by atoms with Crippen LogP contribution in [-0.4, -0.2) is 24.4 Å². The molecule has 0 heterocycles. The Morgan fingerprint density at radius 2 is 2.27 bits per heavy atom. The van der Waals surface area contributed by atoms with Gasteiger partial charge in [0.05, 0.1) is 12.0 Å². The van der Waals surface area contributed by atoms with Crippen LogP contribution in [0.3, 0.4) is 0 Å². The fraction of sp³-hybridized carbons (Fsp3) is 0.222. The molecule has 0 atom stereocenters. The summed E-state index contributed by atoms with van der Waals surface area (Å²) in [6.07, 6.45) is 0. The molecule has 6 nitrogen and oxygen atoms in total. The predicted molar refractivity (Wildman–Crippen MR) is 51.7 cm³/mol. The predicted octanol–water partition coefficient (Wildman–Crippen LogP) is 0.0280. The Balaban J connectivity index is 3.22. The zero-order chi connectivity index (χ0) is 11.4. The van der Waals surface area contributed by atoms with Gasteiger partial charge in [0.1, 0.15) is 6.54 Å².